The Kier molecular flexibility index (Phi) is 4.71. The van der Waals surface area contributed by atoms with Crippen LogP contribution in [-0.2, 0) is 9.59 Å². The molecule has 0 spiro atoms. The lowest BCUT2D eigenvalue weighted by molar-refractivity contribution is -0.149. The van der Waals surface area contributed by atoms with Crippen molar-refractivity contribution >= 4 is 11.9 Å². The van der Waals surface area contributed by atoms with Crippen LogP contribution in [0, 0.1) is 11.8 Å². The predicted molar refractivity (Wildman–Crippen MR) is 73.9 cm³/mol. The lowest BCUT2D eigenvalue weighted by atomic mass is 9.78. The van der Waals surface area contributed by atoms with Crippen molar-refractivity contribution in [2.45, 2.75) is 38.6 Å². The number of amides is 1. The van der Waals surface area contributed by atoms with E-state index in [0.29, 0.717) is 12.8 Å². The van der Waals surface area contributed by atoms with Crippen LogP contribution in [0.25, 0.3) is 0 Å². The molecule has 108 valence electrons. The van der Waals surface area contributed by atoms with Crippen LogP contribution in [0.2, 0.25) is 0 Å². The number of hydrogen-bond acceptors (Lipinski definition) is 3. The molecule has 0 aromatic carbocycles. The van der Waals surface area contributed by atoms with Crippen LogP contribution in [0.4, 0.5) is 0 Å². The Hall–Kier alpha value is -1.91. The second kappa shape index (κ2) is 6.50. The molecule has 2 N–H and O–H groups in total. The summed E-state index contributed by atoms with van der Waals surface area (Å²) >= 11 is 0. The molecule has 2 rings (SSSR count). The van der Waals surface area contributed by atoms with Crippen LogP contribution < -0.4 is 5.32 Å². The highest BCUT2D eigenvalue weighted by Crippen LogP contribution is 2.30. The van der Waals surface area contributed by atoms with Gasteiger partial charge in [-0.05, 0) is 31.9 Å². The number of carbonyl (C=O) groups is 2. The van der Waals surface area contributed by atoms with E-state index in [4.69, 9.17) is 0 Å². The molecule has 0 aliphatic heterocycles. The number of nitrogens with zero attached hydrogens (tertiary/aromatic N) is 1. The Bertz CT molecular complexity index is 475. The summed E-state index contributed by atoms with van der Waals surface area (Å²) in [5, 5.41) is 12.1. The molecule has 1 aliphatic rings. The smallest absolute Gasteiger partial charge is 0.307 e. The van der Waals surface area contributed by atoms with Crippen LogP contribution in [0.3, 0.4) is 0 Å². The summed E-state index contributed by atoms with van der Waals surface area (Å²) < 4.78 is 0. The van der Waals surface area contributed by atoms with Crippen LogP contribution in [-0.4, -0.2) is 22.0 Å². The Morgan fingerprint density at radius 3 is 2.60 bits per heavy atom. The van der Waals surface area contributed by atoms with Gasteiger partial charge in [0.15, 0.2) is 0 Å². The number of rotatable bonds is 4. The molecule has 0 saturated heterocycles. The van der Waals surface area contributed by atoms with Gasteiger partial charge in [-0.3, -0.25) is 14.6 Å². The number of nitrogens with one attached hydrogen (secondary N) is 1. The largest absolute Gasteiger partial charge is 0.481 e. The maximum Gasteiger partial charge on any atom is 0.307 e. The number of aliphatic carboxylic acids is 1. The van der Waals surface area contributed by atoms with Gasteiger partial charge in [-0.25, -0.2) is 0 Å². The van der Waals surface area contributed by atoms with Crippen molar-refractivity contribution in [2.24, 2.45) is 11.8 Å². The second-order valence-electron chi connectivity index (χ2n) is 5.32. The van der Waals surface area contributed by atoms with E-state index in [0.717, 1.165) is 18.5 Å². The molecule has 1 fully saturated rings. The molecule has 5 heteroatoms. The van der Waals surface area contributed by atoms with E-state index in [1.54, 1.807) is 6.20 Å². The number of carbonyl (C=O) groups excluding carboxylic acids is 1. The highest BCUT2D eigenvalue weighted by atomic mass is 16.4. The first-order valence-electron chi connectivity index (χ1n) is 7.03. The van der Waals surface area contributed by atoms with E-state index in [1.807, 2.05) is 25.1 Å². The molecule has 5 nitrogen and oxygen atoms in total. The molecule has 0 radical (unpaired) electrons. The molecule has 0 unspecified atom stereocenters. The third-order valence-corrected chi connectivity index (χ3v) is 3.91. The van der Waals surface area contributed by atoms with Gasteiger partial charge in [0.2, 0.25) is 5.91 Å². The fourth-order valence-electron chi connectivity index (χ4n) is 2.77. The number of aromatic nitrogens is 1. The van der Waals surface area contributed by atoms with E-state index < -0.39 is 17.8 Å². The second-order valence-corrected chi connectivity index (χ2v) is 5.32. The predicted octanol–water partition coefficient (Wildman–Crippen LogP) is 2.15. The summed E-state index contributed by atoms with van der Waals surface area (Å²) in [7, 11) is 0. The molecule has 1 aromatic heterocycles. The molecule has 20 heavy (non-hydrogen) atoms. The van der Waals surface area contributed by atoms with Gasteiger partial charge in [-0.1, -0.05) is 18.9 Å². The first kappa shape index (κ1) is 14.5. The van der Waals surface area contributed by atoms with E-state index in [2.05, 4.69) is 10.3 Å². The summed E-state index contributed by atoms with van der Waals surface area (Å²) in [6.45, 7) is 1.86. The van der Waals surface area contributed by atoms with Gasteiger partial charge in [-0.2, -0.15) is 0 Å². The van der Waals surface area contributed by atoms with Crippen molar-refractivity contribution in [3.05, 3.63) is 30.1 Å². The number of carboxylic acids is 1. The molecule has 1 aromatic rings. The van der Waals surface area contributed by atoms with Gasteiger partial charge < -0.3 is 10.4 Å². The minimum absolute atomic E-state index is 0.171. The zero-order chi connectivity index (χ0) is 14.5. The minimum atomic E-state index is -0.865. The first-order chi connectivity index (χ1) is 9.59. The summed E-state index contributed by atoms with van der Waals surface area (Å²) in [5.41, 5.74) is 0.781. The van der Waals surface area contributed by atoms with Gasteiger partial charge in [0, 0.05) is 6.20 Å². The van der Waals surface area contributed by atoms with Crippen molar-refractivity contribution in [3.8, 4) is 0 Å². The zero-order valence-electron chi connectivity index (χ0n) is 11.6. The van der Waals surface area contributed by atoms with Crippen molar-refractivity contribution in [1.82, 2.24) is 10.3 Å². The summed E-state index contributed by atoms with van der Waals surface area (Å²) in [6, 6.07) is 5.33. The molecule has 1 saturated carbocycles. The van der Waals surface area contributed by atoms with E-state index in [-0.39, 0.29) is 11.9 Å². The summed E-state index contributed by atoms with van der Waals surface area (Å²) in [5.74, 6) is -2.02. The van der Waals surface area contributed by atoms with Crippen molar-refractivity contribution in [2.75, 3.05) is 0 Å². The molecule has 0 bridgehead atoms. The van der Waals surface area contributed by atoms with E-state index in [9.17, 15) is 14.7 Å². The topological polar surface area (TPSA) is 79.3 Å². The average molecular weight is 276 g/mol. The highest BCUT2D eigenvalue weighted by molar-refractivity contribution is 5.85. The highest BCUT2D eigenvalue weighted by Gasteiger charge is 2.36. The van der Waals surface area contributed by atoms with Crippen molar-refractivity contribution < 1.29 is 14.7 Å². The normalized spacial score (nSPS) is 23.9. The number of carboxylic acid groups (broad SMARTS) is 1. The molecular formula is C15H20N2O3. The van der Waals surface area contributed by atoms with Gasteiger partial charge >= 0.3 is 5.97 Å². The maximum atomic E-state index is 12.3. The van der Waals surface area contributed by atoms with Crippen molar-refractivity contribution in [3.63, 3.8) is 0 Å². The Labute approximate surface area is 118 Å². The third-order valence-electron chi connectivity index (χ3n) is 3.91. The third kappa shape index (κ3) is 3.35. The van der Waals surface area contributed by atoms with Crippen LogP contribution in [0.15, 0.2) is 24.4 Å². The van der Waals surface area contributed by atoms with Gasteiger partial charge in [0.25, 0.3) is 0 Å². The summed E-state index contributed by atoms with van der Waals surface area (Å²) in [4.78, 5) is 27.7. The van der Waals surface area contributed by atoms with Crippen LogP contribution in [0.5, 0.6) is 0 Å². The molecule has 1 amide bonds. The quantitative estimate of drug-likeness (QED) is 0.883. The first-order valence-corrected chi connectivity index (χ1v) is 7.03. The monoisotopic (exact) mass is 276 g/mol. The van der Waals surface area contributed by atoms with Gasteiger partial charge in [0.05, 0.1) is 23.6 Å². The van der Waals surface area contributed by atoms with E-state index >= 15 is 0 Å². The lowest BCUT2D eigenvalue weighted by Crippen LogP contribution is -2.40. The molecule has 1 heterocycles. The van der Waals surface area contributed by atoms with Gasteiger partial charge in [-0.15, -0.1) is 0 Å². The minimum Gasteiger partial charge on any atom is -0.481 e. The standard InChI is InChI=1S/C15H20N2O3/c1-10(13-8-4-5-9-16-13)17-14(18)11-6-2-3-7-12(11)15(19)20/h4-5,8-12H,2-3,6-7H2,1H3,(H,17,18)(H,19,20)/t10-,11+,12-/m0/s1. The number of pyridine rings is 1. The average Bonchev–Trinajstić information content (AvgIpc) is 2.48. The Morgan fingerprint density at radius 1 is 1.30 bits per heavy atom. The lowest BCUT2D eigenvalue weighted by Gasteiger charge is -2.28. The van der Waals surface area contributed by atoms with Gasteiger partial charge in [0.1, 0.15) is 0 Å². The Morgan fingerprint density at radius 2 is 2.00 bits per heavy atom. The SMILES string of the molecule is C[C@H](NC(=O)[C@@H]1CCCC[C@@H]1C(=O)O)c1ccccn1. The molecular weight excluding hydrogens is 256 g/mol. The fourth-order valence-corrected chi connectivity index (χ4v) is 2.77. The fraction of sp³-hybridized carbons (Fsp3) is 0.533. The van der Waals surface area contributed by atoms with Crippen molar-refractivity contribution in [1.29, 1.82) is 0 Å². The molecule has 1 aliphatic carbocycles. The van der Waals surface area contributed by atoms with Crippen LogP contribution >= 0.6 is 0 Å². The molecule has 3 atom stereocenters. The summed E-state index contributed by atoms with van der Waals surface area (Å²) in [6.07, 6.45) is 4.72. The van der Waals surface area contributed by atoms with Crippen LogP contribution in [0.1, 0.15) is 44.3 Å². The number of hydrogen-bond donors (Lipinski definition) is 2. The maximum absolute atomic E-state index is 12.3. The van der Waals surface area contributed by atoms with E-state index in [1.165, 1.54) is 0 Å². The Balaban J connectivity index is 2.01. The zero-order valence-corrected chi connectivity index (χ0v) is 11.6.